The van der Waals surface area contributed by atoms with Gasteiger partial charge in [0.25, 0.3) is 31.9 Å². The van der Waals surface area contributed by atoms with Crippen LogP contribution in [0, 0.1) is 11.6 Å². The highest BCUT2D eigenvalue weighted by molar-refractivity contribution is 7.93. The third-order valence-corrected chi connectivity index (χ3v) is 11.1. The fraction of sp³-hybridized carbons (Fsp3) is 0. The molecule has 0 spiro atoms. The zero-order valence-electron chi connectivity index (χ0n) is 30.2. The lowest BCUT2D eigenvalue weighted by atomic mass is 10.1. The Morgan fingerprint density at radius 1 is 0.467 bits per heavy atom. The van der Waals surface area contributed by atoms with Crippen molar-refractivity contribution in [2.75, 3.05) is 20.1 Å². The minimum absolute atomic E-state index is 0.0427. The van der Waals surface area contributed by atoms with Crippen molar-refractivity contribution in [3.05, 3.63) is 177 Å². The van der Waals surface area contributed by atoms with E-state index in [1.165, 1.54) is 109 Å². The average molecular weight is 898 g/mol. The molecule has 6 rings (SSSR count). The summed E-state index contributed by atoms with van der Waals surface area (Å²) >= 11 is 11.7. The first-order valence-electron chi connectivity index (χ1n) is 16.8. The topological polar surface area (TPSA) is 225 Å². The highest BCUT2D eigenvalue weighted by Gasteiger charge is 2.19. The predicted molar refractivity (Wildman–Crippen MR) is 220 cm³/mol. The zero-order chi connectivity index (χ0) is 43.8. The number of sulfonamides is 2. The first-order chi connectivity index (χ1) is 28.3. The van der Waals surface area contributed by atoms with E-state index in [0.717, 1.165) is 24.3 Å². The molecule has 0 unspecified atom stereocenters. The third kappa shape index (κ3) is 11.6. The van der Waals surface area contributed by atoms with Crippen LogP contribution in [0.1, 0.15) is 41.4 Å². The Labute approximate surface area is 350 Å². The molecule has 0 saturated carbocycles. The number of halogens is 4. The lowest BCUT2D eigenvalue weighted by molar-refractivity contribution is 0.0680. The number of rotatable bonds is 12. The van der Waals surface area contributed by atoms with E-state index in [1.54, 1.807) is 0 Å². The Kier molecular flexibility index (Phi) is 13.9. The van der Waals surface area contributed by atoms with Crippen LogP contribution >= 0.6 is 23.2 Å². The molecule has 14 nitrogen and oxygen atoms in total. The number of carbonyl (C=O) groups excluding carboxylic acids is 2. The highest BCUT2D eigenvalue weighted by atomic mass is 35.5. The fourth-order valence-electron chi connectivity index (χ4n) is 5.08. The zero-order valence-corrected chi connectivity index (χ0v) is 33.3. The molecular weight excluding hydrogens is 869 g/mol. The van der Waals surface area contributed by atoms with E-state index in [0.29, 0.717) is 0 Å². The van der Waals surface area contributed by atoms with E-state index in [1.807, 2.05) is 0 Å². The molecular formula is C40H28Cl2F2N4O10S2. The van der Waals surface area contributed by atoms with Gasteiger partial charge in [-0.1, -0.05) is 47.5 Å². The maximum atomic E-state index is 13.8. The van der Waals surface area contributed by atoms with Crippen LogP contribution in [0.4, 0.5) is 31.5 Å². The molecule has 0 bridgehead atoms. The van der Waals surface area contributed by atoms with Crippen molar-refractivity contribution in [1.29, 1.82) is 0 Å². The lowest BCUT2D eigenvalue weighted by Crippen LogP contribution is -2.15. The summed E-state index contributed by atoms with van der Waals surface area (Å²) in [5, 5.41) is 23.1. The standard InChI is InChI=1S/2C20H14ClFN2O5S/c2*21-13-4-2-6-16(10-13)30(28,29)24-15-5-1-3-12(9-15)19(25)23-14-7-8-17(20(26)27)18(22)11-14/h2*1-11,24H,(H,23,25)(H,26,27). The first kappa shape index (κ1) is 44.2. The Morgan fingerprint density at radius 3 is 1.17 bits per heavy atom. The number of hydrogen-bond donors (Lipinski definition) is 6. The van der Waals surface area contributed by atoms with Gasteiger partial charge in [-0.25, -0.2) is 35.2 Å². The van der Waals surface area contributed by atoms with Crippen molar-refractivity contribution >= 4 is 89.8 Å². The Hall–Kier alpha value is -6.86. The maximum absolute atomic E-state index is 13.8. The summed E-state index contributed by atoms with van der Waals surface area (Å²) in [4.78, 5) is 46.5. The molecule has 0 aliphatic carbocycles. The lowest BCUT2D eigenvalue weighted by Gasteiger charge is -2.10. The molecule has 0 radical (unpaired) electrons. The summed E-state index contributed by atoms with van der Waals surface area (Å²) in [6.45, 7) is 0. The normalized spacial score (nSPS) is 11.0. The second-order valence-electron chi connectivity index (χ2n) is 12.2. The molecule has 0 atom stereocenters. The number of nitrogens with one attached hydrogen (secondary N) is 4. The van der Waals surface area contributed by atoms with Crippen LogP contribution in [0.5, 0.6) is 0 Å². The number of carboxylic acid groups (broad SMARTS) is 2. The van der Waals surface area contributed by atoms with Gasteiger partial charge in [-0.3, -0.25) is 19.0 Å². The number of carboxylic acids is 2. The monoisotopic (exact) mass is 896 g/mol. The number of amides is 2. The van der Waals surface area contributed by atoms with Crippen molar-refractivity contribution in [3.8, 4) is 0 Å². The van der Waals surface area contributed by atoms with Gasteiger partial charge in [0.05, 0.1) is 20.9 Å². The van der Waals surface area contributed by atoms with Gasteiger partial charge >= 0.3 is 11.9 Å². The number of anilines is 4. The molecule has 0 aromatic heterocycles. The summed E-state index contributed by atoms with van der Waals surface area (Å²) in [7, 11) is -7.85. The molecule has 20 heteroatoms. The molecule has 6 aromatic rings. The maximum Gasteiger partial charge on any atom is 0.338 e. The van der Waals surface area contributed by atoms with Crippen molar-refractivity contribution in [2.45, 2.75) is 9.79 Å². The molecule has 0 fully saturated rings. The number of benzene rings is 6. The largest absolute Gasteiger partial charge is 0.478 e. The van der Waals surface area contributed by atoms with Crippen LogP contribution in [0.15, 0.2) is 143 Å². The van der Waals surface area contributed by atoms with Crippen LogP contribution in [0.2, 0.25) is 10.0 Å². The third-order valence-electron chi connectivity index (χ3n) is 7.88. The molecule has 0 aliphatic rings. The molecule has 2 amide bonds. The fourth-order valence-corrected chi connectivity index (χ4v) is 7.78. The van der Waals surface area contributed by atoms with Crippen molar-refractivity contribution in [1.82, 2.24) is 0 Å². The van der Waals surface area contributed by atoms with Crippen molar-refractivity contribution in [3.63, 3.8) is 0 Å². The predicted octanol–water partition coefficient (Wildman–Crippen LogP) is 8.46. The van der Waals surface area contributed by atoms with Gasteiger partial charge < -0.3 is 20.8 Å². The number of hydrogen-bond acceptors (Lipinski definition) is 8. The molecule has 0 aliphatic heterocycles. The second-order valence-corrected chi connectivity index (χ2v) is 16.4. The summed E-state index contributed by atoms with van der Waals surface area (Å²) < 4.78 is 82.2. The average Bonchev–Trinajstić information content (AvgIpc) is 3.18. The molecule has 6 aromatic carbocycles. The smallest absolute Gasteiger partial charge is 0.338 e. The van der Waals surface area contributed by atoms with Gasteiger partial charge in [0.1, 0.15) is 11.6 Å². The van der Waals surface area contributed by atoms with E-state index in [2.05, 4.69) is 20.1 Å². The Balaban J connectivity index is 0.000000228. The van der Waals surface area contributed by atoms with Gasteiger partial charge in [0.15, 0.2) is 0 Å². The van der Waals surface area contributed by atoms with Gasteiger partial charge in [0.2, 0.25) is 0 Å². The summed E-state index contributed by atoms with van der Waals surface area (Å²) in [5.41, 5.74) is -0.478. The van der Waals surface area contributed by atoms with E-state index < -0.39 is 66.6 Å². The quantitative estimate of drug-likeness (QED) is 0.0687. The van der Waals surface area contributed by atoms with Crippen LogP contribution < -0.4 is 20.1 Å². The van der Waals surface area contributed by atoms with E-state index in [4.69, 9.17) is 33.4 Å². The van der Waals surface area contributed by atoms with Gasteiger partial charge in [-0.15, -0.1) is 0 Å². The number of aromatic carboxylic acids is 2. The second kappa shape index (κ2) is 18.8. The molecule has 308 valence electrons. The Morgan fingerprint density at radius 2 is 0.833 bits per heavy atom. The van der Waals surface area contributed by atoms with Gasteiger partial charge in [-0.05, 0) is 109 Å². The molecule has 6 N–H and O–H groups in total. The molecule has 60 heavy (non-hydrogen) atoms. The SMILES string of the molecule is O=C(Nc1ccc(C(=O)O)c(F)c1)c1cccc(NS(=O)(=O)c2cccc(Cl)c2)c1.O=C(Nc1ccc(C(=O)O)c(F)c1)c1cccc(NS(=O)(=O)c2cccc(Cl)c2)c1. The summed E-state index contributed by atoms with van der Waals surface area (Å²) in [6.07, 6.45) is 0. The minimum atomic E-state index is -3.93. The molecule has 0 heterocycles. The summed E-state index contributed by atoms with van der Waals surface area (Å²) in [5.74, 6) is -6.12. The van der Waals surface area contributed by atoms with Crippen molar-refractivity contribution < 1.29 is 55.0 Å². The van der Waals surface area contributed by atoms with Gasteiger partial charge in [-0.2, -0.15) is 0 Å². The van der Waals surface area contributed by atoms with Crippen LogP contribution in [0.25, 0.3) is 0 Å². The van der Waals surface area contributed by atoms with Crippen LogP contribution in [-0.2, 0) is 20.0 Å². The van der Waals surface area contributed by atoms with E-state index in [9.17, 15) is 44.8 Å². The van der Waals surface area contributed by atoms with Crippen LogP contribution in [-0.4, -0.2) is 50.8 Å². The van der Waals surface area contributed by atoms with Crippen molar-refractivity contribution in [2.24, 2.45) is 0 Å². The van der Waals surface area contributed by atoms with E-state index in [-0.39, 0.29) is 53.7 Å². The van der Waals surface area contributed by atoms with E-state index >= 15 is 0 Å². The Bertz CT molecular complexity index is 2690. The summed E-state index contributed by atoms with van der Waals surface area (Å²) in [6, 6.07) is 29.1. The molecule has 0 saturated heterocycles. The first-order valence-corrected chi connectivity index (χ1v) is 20.5. The van der Waals surface area contributed by atoms with Gasteiger partial charge in [0, 0.05) is 43.9 Å². The highest BCUT2D eigenvalue weighted by Crippen LogP contribution is 2.23. The van der Waals surface area contributed by atoms with Crippen LogP contribution in [0.3, 0.4) is 0 Å². The minimum Gasteiger partial charge on any atom is -0.478 e. The number of carbonyl (C=O) groups is 4.